The van der Waals surface area contributed by atoms with Crippen LogP contribution in [0.3, 0.4) is 0 Å². The van der Waals surface area contributed by atoms with Gasteiger partial charge < -0.3 is 241 Å². The molecule has 0 aromatic rings. The third kappa shape index (κ3) is 29.9. The molecule has 13 fully saturated rings. The lowest BCUT2D eigenvalue weighted by atomic mass is 9.80. The molecule has 6 heterocycles. The Hall–Kier alpha value is -1.84. The Labute approximate surface area is 770 Å². The molecule has 131 heavy (non-hydrogen) atoms. The van der Waals surface area contributed by atoms with Gasteiger partial charge in [-0.05, 0) is 158 Å². The van der Waals surface area contributed by atoms with Gasteiger partial charge in [0, 0.05) is 67.5 Å². The van der Waals surface area contributed by atoms with Crippen LogP contribution in [0.2, 0.25) is 0 Å². The van der Waals surface area contributed by atoms with Gasteiger partial charge in [0.05, 0.1) is 104 Å². The van der Waals surface area contributed by atoms with Crippen molar-refractivity contribution in [3.8, 4) is 0 Å². The SMILES string of the molecule is C.CC(N)C1CCC(N)C(OC2C(N)CC(C)C(O)C2O)O1.CC1CC(N)C(OC2OC(C(N)C3CC3)CCC2N)C(O)C1O.CC1CC(N)C(OC2OC(CN)C(O)C(O)C2N)C(O)C1O.CC1CC(N)C(OC2OC(CN)CCC2N)C(O)C1O.CC1CC(N)C(OC2OC(CO)C(O)C(O)C2N)C(O)C1O.CCC(N)C1CCC(N)C(OC2C(N)CC(C)C(O)C2O)O1. The van der Waals surface area contributed by atoms with E-state index in [9.17, 15) is 81.7 Å². The first-order valence-corrected chi connectivity index (χ1v) is 47.1. The van der Waals surface area contributed by atoms with Crippen molar-refractivity contribution in [3.63, 3.8) is 0 Å². The van der Waals surface area contributed by atoms with Gasteiger partial charge in [-0.2, -0.15) is 0 Å². The zero-order valence-electron chi connectivity index (χ0n) is 76.8. The summed E-state index contributed by atoms with van der Waals surface area (Å²) in [5.41, 5.74) is 101. The lowest BCUT2D eigenvalue weighted by molar-refractivity contribution is -0.295. The summed E-state index contributed by atoms with van der Waals surface area (Å²) in [6, 6.07) is -5.82. The fourth-order valence-corrected chi connectivity index (χ4v) is 19.5. The van der Waals surface area contributed by atoms with Crippen molar-refractivity contribution in [2.75, 3.05) is 19.7 Å². The summed E-state index contributed by atoms with van der Waals surface area (Å²) in [6.07, 6.45) is -16.0. The van der Waals surface area contributed by atoms with Gasteiger partial charge in [-0.1, -0.05) is 55.9 Å². The van der Waals surface area contributed by atoms with Gasteiger partial charge in [0.15, 0.2) is 37.7 Å². The Morgan fingerprint density at radius 1 is 0.290 bits per heavy atom. The lowest BCUT2D eigenvalue weighted by Crippen LogP contribution is -2.66. The summed E-state index contributed by atoms with van der Waals surface area (Å²) in [5, 5.41) is 170. The highest BCUT2D eigenvalue weighted by atomic mass is 16.7. The predicted molar refractivity (Wildman–Crippen MR) is 477 cm³/mol. The Bertz CT molecular complexity index is 3150. The molecule has 46 nitrogen and oxygen atoms in total. The third-order valence-electron chi connectivity index (χ3n) is 28.9. The van der Waals surface area contributed by atoms with Gasteiger partial charge in [0.25, 0.3) is 0 Å². The Kier molecular flexibility index (Phi) is 46.8. The zero-order valence-corrected chi connectivity index (χ0v) is 76.8. The number of nitrogens with two attached hydrogens (primary N) is 17. The van der Waals surface area contributed by atoms with Crippen LogP contribution in [0.25, 0.3) is 0 Å². The summed E-state index contributed by atoms with van der Waals surface area (Å²) >= 11 is 0. The zero-order chi connectivity index (χ0) is 97.0. The number of aliphatic hydroxyl groups excluding tert-OH is 17. The second-order valence-electron chi connectivity index (χ2n) is 39.7. The molecular weight excluding hydrogens is 1720 g/mol. The maximum Gasteiger partial charge on any atom is 0.176 e. The van der Waals surface area contributed by atoms with Crippen LogP contribution in [0.4, 0.5) is 0 Å². The molecule has 6 saturated heterocycles. The first kappa shape index (κ1) is 116. The van der Waals surface area contributed by atoms with E-state index >= 15 is 0 Å². The molecule has 774 valence electrons. The Morgan fingerprint density at radius 3 is 0.832 bits per heavy atom. The van der Waals surface area contributed by atoms with Crippen LogP contribution in [0.1, 0.15) is 172 Å². The van der Waals surface area contributed by atoms with Gasteiger partial charge in [0.1, 0.15) is 110 Å². The number of ether oxygens (including phenoxy) is 12. The van der Waals surface area contributed by atoms with E-state index in [1.807, 2.05) is 41.5 Å². The minimum atomic E-state index is -1.35. The lowest BCUT2D eigenvalue weighted by Gasteiger charge is -2.45. The molecular formula is C85H175N17O29. The molecule has 0 radical (unpaired) electrons. The van der Waals surface area contributed by atoms with Crippen molar-refractivity contribution in [2.24, 2.45) is 139 Å². The highest BCUT2D eigenvalue weighted by Gasteiger charge is 2.54. The molecule has 55 unspecified atom stereocenters. The van der Waals surface area contributed by atoms with E-state index in [2.05, 4.69) is 0 Å². The summed E-state index contributed by atoms with van der Waals surface area (Å²) in [6.45, 7) is 14.8. The summed E-state index contributed by atoms with van der Waals surface area (Å²) in [5.74, 6) is -0.0346. The van der Waals surface area contributed by atoms with Gasteiger partial charge in [-0.3, -0.25) is 0 Å². The monoisotopic (exact) mass is 1900 g/mol. The van der Waals surface area contributed by atoms with E-state index in [4.69, 9.17) is 159 Å². The number of hydrogen-bond acceptors (Lipinski definition) is 46. The first-order chi connectivity index (χ1) is 61.0. The van der Waals surface area contributed by atoms with Crippen LogP contribution in [0.15, 0.2) is 0 Å². The van der Waals surface area contributed by atoms with E-state index in [1.54, 1.807) is 13.8 Å². The smallest absolute Gasteiger partial charge is 0.176 e. The Balaban J connectivity index is 0.000000215. The summed E-state index contributed by atoms with van der Waals surface area (Å²) < 4.78 is 68.8. The number of aliphatic hydroxyl groups is 17. The fraction of sp³-hybridized carbons (Fsp3) is 1.00. The van der Waals surface area contributed by atoms with Crippen molar-refractivity contribution in [1.82, 2.24) is 0 Å². The van der Waals surface area contributed by atoms with Gasteiger partial charge in [-0.15, -0.1) is 0 Å². The van der Waals surface area contributed by atoms with E-state index in [0.29, 0.717) is 51.0 Å². The molecule has 0 aromatic carbocycles. The fourth-order valence-electron chi connectivity index (χ4n) is 19.5. The average Bonchev–Trinajstić information content (AvgIpc) is 1.64. The molecule has 0 aromatic heterocycles. The quantitative estimate of drug-likeness (QED) is 0.0538. The maximum absolute atomic E-state index is 10.3. The van der Waals surface area contributed by atoms with Crippen molar-refractivity contribution in [1.29, 1.82) is 0 Å². The number of hydrogen-bond donors (Lipinski definition) is 34. The van der Waals surface area contributed by atoms with E-state index in [1.165, 1.54) is 0 Å². The highest BCUT2D eigenvalue weighted by molar-refractivity contribution is 5.04. The van der Waals surface area contributed by atoms with Crippen LogP contribution in [0, 0.1) is 41.4 Å². The van der Waals surface area contributed by atoms with Crippen LogP contribution >= 0.6 is 0 Å². The molecule has 46 heteroatoms. The maximum atomic E-state index is 10.3. The molecule has 0 amide bonds. The van der Waals surface area contributed by atoms with E-state index in [0.717, 1.165) is 70.6 Å². The average molecular weight is 1900 g/mol. The molecule has 7 aliphatic carbocycles. The number of rotatable bonds is 20. The summed E-state index contributed by atoms with van der Waals surface area (Å²) in [7, 11) is 0. The minimum Gasteiger partial charge on any atom is -0.394 e. The Morgan fingerprint density at radius 2 is 0.550 bits per heavy atom. The first-order valence-electron chi connectivity index (χ1n) is 47.1. The molecule has 7 saturated carbocycles. The van der Waals surface area contributed by atoms with Crippen LogP contribution < -0.4 is 97.5 Å². The van der Waals surface area contributed by atoms with Crippen molar-refractivity contribution in [3.05, 3.63) is 0 Å². The van der Waals surface area contributed by atoms with Crippen molar-refractivity contribution in [2.45, 2.75) is 471 Å². The molecule has 0 bridgehead atoms. The van der Waals surface area contributed by atoms with E-state index in [-0.39, 0.29) is 140 Å². The second-order valence-corrected chi connectivity index (χ2v) is 39.7. The molecule has 0 spiro atoms. The third-order valence-corrected chi connectivity index (χ3v) is 28.9. The van der Waals surface area contributed by atoms with E-state index < -0.39 is 215 Å². The molecule has 51 N–H and O–H groups in total. The van der Waals surface area contributed by atoms with Gasteiger partial charge in [-0.25, -0.2) is 0 Å². The van der Waals surface area contributed by atoms with Crippen molar-refractivity contribution >= 4 is 0 Å². The molecule has 13 rings (SSSR count). The van der Waals surface area contributed by atoms with Crippen LogP contribution in [0.5, 0.6) is 0 Å². The highest BCUT2D eigenvalue weighted by Crippen LogP contribution is 2.40. The molecule has 55 atom stereocenters. The topological polar surface area (TPSA) is 897 Å². The minimum absolute atomic E-state index is 0. The molecule has 6 aliphatic heterocycles. The van der Waals surface area contributed by atoms with Gasteiger partial charge >= 0.3 is 0 Å². The van der Waals surface area contributed by atoms with Crippen LogP contribution in [-0.2, 0) is 56.8 Å². The largest absolute Gasteiger partial charge is 0.394 e. The van der Waals surface area contributed by atoms with Crippen LogP contribution in [-0.4, -0.2) is 406 Å². The van der Waals surface area contributed by atoms with Gasteiger partial charge in [0.2, 0.25) is 0 Å². The predicted octanol–water partition coefficient (Wildman–Crippen LogP) is -12.0. The molecule has 13 aliphatic rings. The second kappa shape index (κ2) is 52.8. The van der Waals surface area contributed by atoms with Crippen molar-refractivity contribution < 1.29 is 144 Å². The normalized spacial score (nSPS) is 50.4. The summed E-state index contributed by atoms with van der Waals surface area (Å²) in [4.78, 5) is 0. The standard InChI is InChI=1S/C16H31N3O4.C15H31N3O4.C14H29N3O4.C13H27N3O6.C13H27N3O4.C13H26N2O7.CH4/c1-7-6-10(18)15(14(21)13(7)20)23-16-9(17)4-5-11(22-16)12(19)8-2-3-8;1-3-8(16)11-5-4-9(17)15(21-11)22-14-10(18)6-7(2)12(19)13(14)20;1-6-5-9(17)13(12(19)11(6)18)21-14-8(16)3-4-10(20-14)7(2)15;1-4-2-5(15)12(11(20)8(4)17)22-13-7(16)10(19)9(18)6(3-14)21-13;1-6-4-9(16)12(11(18)10(6)17)20-13-8(15)3-2-7(5-14)19-13;1-4-2-5(14)12(11(20)8(4)17)22-13-7(15)10(19)9(18)6(3-16)21-13;/h7-16,20-21H,2-6,17-19H2,1H3;7-15,19-20H,3-6,16-18H2,1-2H3;6-14,18-19H,3-5,15-17H2,1-2H3;4-13,17-20H,2-3,14-16H2,1H3;6-13,17-18H,2-5,14-16H2,1H3;4-13,16-20H,2-3,14-15H2,1H3;1H4.